The zero-order valence-corrected chi connectivity index (χ0v) is 22.2. The van der Waals surface area contributed by atoms with Crippen LogP contribution in [0.4, 0.5) is 4.39 Å². The Balaban J connectivity index is 2.18. The maximum Gasteiger partial charge on any atom is 0.233 e. The Morgan fingerprint density at radius 3 is 2.15 bits per heavy atom. The van der Waals surface area contributed by atoms with E-state index in [0.717, 1.165) is 11.3 Å². The van der Waals surface area contributed by atoms with Crippen molar-refractivity contribution in [2.75, 3.05) is 20.3 Å². The van der Waals surface area contributed by atoms with E-state index in [-0.39, 0.29) is 35.1 Å². The molecule has 0 unspecified atom stereocenters. The van der Waals surface area contributed by atoms with Crippen LogP contribution in [0.5, 0.6) is 5.75 Å². The topological polar surface area (TPSA) is 61.8 Å². The highest BCUT2D eigenvalue weighted by Crippen LogP contribution is 2.37. The van der Waals surface area contributed by atoms with E-state index in [9.17, 15) is 8.42 Å². The summed E-state index contributed by atoms with van der Waals surface area (Å²) in [5, 5.41) is -1.24. The number of sulfone groups is 1. The molecule has 0 aliphatic rings. The van der Waals surface area contributed by atoms with Gasteiger partial charge < -0.3 is 13.9 Å². The van der Waals surface area contributed by atoms with Gasteiger partial charge in [-0.3, -0.25) is 0 Å². The number of hydrogen-bond acceptors (Lipinski definition) is 5. The van der Waals surface area contributed by atoms with Crippen molar-refractivity contribution in [3.05, 3.63) is 70.9 Å². The molecule has 33 heavy (non-hydrogen) atoms. The number of ether oxygens (including phenoxy) is 2. The van der Waals surface area contributed by atoms with Gasteiger partial charge in [-0.25, -0.2) is 8.42 Å². The first-order valence-corrected chi connectivity index (χ1v) is 15.3. The molecule has 0 spiro atoms. The van der Waals surface area contributed by atoms with Gasteiger partial charge in [-0.15, -0.1) is 0 Å². The Morgan fingerprint density at radius 1 is 1.00 bits per heavy atom. The summed E-state index contributed by atoms with van der Waals surface area (Å²) in [5.74, 6) is 0.750. The smallest absolute Gasteiger partial charge is 0.233 e. The zero-order valence-electron chi connectivity index (χ0n) is 20.4. The summed E-state index contributed by atoms with van der Waals surface area (Å²) >= 11 is 0. The lowest BCUT2D eigenvalue weighted by atomic mass is 10.2. The predicted octanol–water partition coefficient (Wildman–Crippen LogP) is 6.28. The Morgan fingerprint density at radius 2 is 1.61 bits per heavy atom. The highest BCUT2D eigenvalue weighted by molar-refractivity contribution is 7.95. The third kappa shape index (κ3) is 7.50. The molecule has 0 saturated heterocycles. The van der Waals surface area contributed by atoms with Crippen molar-refractivity contribution in [3.8, 4) is 5.75 Å². The summed E-state index contributed by atoms with van der Waals surface area (Å²) in [6, 6.07) is 15.1. The van der Waals surface area contributed by atoms with Crippen LogP contribution >= 0.6 is 0 Å². The molecule has 8 heteroatoms. The largest absolute Gasteiger partial charge is 0.497 e. The van der Waals surface area contributed by atoms with Gasteiger partial charge >= 0.3 is 0 Å². The molecule has 0 bridgehead atoms. The summed E-state index contributed by atoms with van der Waals surface area (Å²) in [4.78, 5) is -0.0773. The normalized spacial score (nSPS) is 13.5. The van der Waals surface area contributed by atoms with Gasteiger partial charge in [0.2, 0.25) is 15.0 Å². The number of rotatable bonds is 11. The molecule has 2 aromatic rings. The maximum absolute atomic E-state index is 15.4. The second-order valence-electron chi connectivity index (χ2n) is 9.39. The van der Waals surface area contributed by atoms with E-state index < -0.39 is 23.3 Å². The summed E-state index contributed by atoms with van der Waals surface area (Å²) in [6.07, 6.45) is 0.114. The van der Waals surface area contributed by atoms with Gasteiger partial charge in [0.1, 0.15) is 5.75 Å². The molecule has 0 fully saturated rings. The Kier molecular flexibility index (Phi) is 9.43. The van der Waals surface area contributed by atoms with Crippen LogP contribution in [-0.2, 0) is 25.6 Å². The molecular formula is C25H35FO5SSi. The van der Waals surface area contributed by atoms with E-state index in [2.05, 4.69) is 20.8 Å². The molecule has 0 atom stereocenters. The summed E-state index contributed by atoms with van der Waals surface area (Å²) < 4.78 is 58.2. The Bertz CT molecular complexity index is 1030. The van der Waals surface area contributed by atoms with Crippen molar-refractivity contribution in [3.63, 3.8) is 0 Å². The summed E-state index contributed by atoms with van der Waals surface area (Å²) in [5.41, 5.74) is 1.04. The minimum absolute atomic E-state index is 0.0773. The molecule has 2 aromatic carbocycles. The van der Waals surface area contributed by atoms with Crippen LogP contribution < -0.4 is 4.74 Å². The van der Waals surface area contributed by atoms with Gasteiger partial charge in [0.25, 0.3) is 0 Å². The van der Waals surface area contributed by atoms with E-state index >= 15 is 4.39 Å². The van der Waals surface area contributed by atoms with E-state index in [1.54, 1.807) is 25.3 Å². The lowest BCUT2D eigenvalue weighted by molar-refractivity contribution is 0.121. The Labute approximate surface area is 198 Å². The lowest BCUT2D eigenvalue weighted by Gasteiger charge is -2.36. The first-order chi connectivity index (χ1) is 15.4. The molecule has 5 nitrogen and oxygen atoms in total. The summed E-state index contributed by atoms with van der Waals surface area (Å²) in [7, 11) is -4.87. The van der Waals surface area contributed by atoms with E-state index in [1.165, 1.54) is 12.1 Å². The molecule has 0 radical (unpaired) electrons. The van der Waals surface area contributed by atoms with Crippen LogP contribution in [0.2, 0.25) is 18.1 Å². The van der Waals surface area contributed by atoms with Crippen LogP contribution in [0, 0.1) is 0 Å². The molecule has 2 rings (SSSR count). The average Bonchev–Trinajstić information content (AvgIpc) is 2.78. The minimum Gasteiger partial charge on any atom is -0.497 e. The standard InChI is InChI=1S/C25H35FO5SSi/c1-25(2,3)33(5,6)31-19-21(24(26)32(27,28)23-10-8-7-9-11-23)16-17-30-18-20-12-14-22(29-4)15-13-20/h7-15H,16-19H2,1-6H3. The van der Waals surface area contributed by atoms with Crippen LogP contribution in [0.1, 0.15) is 32.8 Å². The monoisotopic (exact) mass is 494 g/mol. The predicted molar refractivity (Wildman–Crippen MR) is 132 cm³/mol. The van der Waals surface area contributed by atoms with Crippen molar-refractivity contribution < 1.29 is 26.7 Å². The third-order valence-electron chi connectivity index (χ3n) is 5.96. The van der Waals surface area contributed by atoms with Gasteiger partial charge in [-0.2, -0.15) is 4.39 Å². The summed E-state index contributed by atoms with van der Waals surface area (Å²) in [6.45, 7) is 10.8. The zero-order chi connectivity index (χ0) is 24.7. The number of halogens is 1. The molecule has 0 N–H and O–H groups in total. The first kappa shape index (κ1) is 27.2. The van der Waals surface area contributed by atoms with Crippen LogP contribution in [0.25, 0.3) is 0 Å². The first-order valence-electron chi connectivity index (χ1n) is 10.9. The fourth-order valence-corrected chi connectivity index (χ4v) is 4.94. The average molecular weight is 495 g/mol. The molecule has 182 valence electrons. The molecule has 0 amide bonds. The lowest BCUT2D eigenvalue weighted by Crippen LogP contribution is -2.41. The molecule has 0 aliphatic carbocycles. The number of benzene rings is 2. The third-order valence-corrected chi connectivity index (χ3v) is 12.1. The van der Waals surface area contributed by atoms with Gasteiger partial charge in [-0.1, -0.05) is 51.1 Å². The van der Waals surface area contributed by atoms with E-state index in [4.69, 9.17) is 13.9 Å². The number of methoxy groups -OCH3 is 1. The van der Waals surface area contributed by atoms with Crippen molar-refractivity contribution in [1.29, 1.82) is 0 Å². The van der Waals surface area contributed by atoms with Crippen LogP contribution in [0.3, 0.4) is 0 Å². The fourth-order valence-electron chi connectivity index (χ4n) is 2.71. The quantitative estimate of drug-likeness (QED) is 0.272. The molecule has 0 aromatic heterocycles. The van der Waals surface area contributed by atoms with Gasteiger partial charge in [0.15, 0.2) is 8.32 Å². The van der Waals surface area contributed by atoms with E-state index in [0.29, 0.717) is 6.61 Å². The molecule has 0 saturated carbocycles. The van der Waals surface area contributed by atoms with Gasteiger partial charge in [-0.05, 0) is 54.4 Å². The van der Waals surface area contributed by atoms with Crippen molar-refractivity contribution in [2.45, 2.75) is 56.8 Å². The molecule has 0 heterocycles. The second kappa shape index (κ2) is 11.4. The van der Waals surface area contributed by atoms with Crippen molar-refractivity contribution >= 4 is 18.2 Å². The highest BCUT2D eigenvalue weighted by atomic mass is 32.2. The van der Waals surface area contributed by atoms with Crippen molar-refractivity contribution in [1.82, 2.24) is 0 Å². The second-order valence-corrected chi connectivity index (χ2v) is 16.0. The van der Waals surface area contributed by atoms with Crippen LogP contribution in [-0.4, -0.2) is 37.1 Å². The van der Waals surface area contributed by atoms with Gasteiger partial charge in [0.05, 0.1) is 31.8 Å². The Hall–Kier alpha value is -2.00. The molecule has 0 aliphatic heterocycles. The SMILES string of the molecule is COc1ccc(COCCC(CO[Si](C)(C)C(C)(C)C)=C(F)S(=O)(=O)c2ccccc2)cc1. The minimum atomic E-state index is -4.26. The fraction of sp³-hybridized carbons (Fsp3) is 0.440. The maximum atomic E-state index is 15.4. The van der Waals surface area contributed by atoms with E-state index in [1.807, 2.05) is 37.4 Å². The molecular weight excluding hydrogens is 459 g/mol. The van der Waals surface area contributed by atoms with Gasteiger partial charge in [0, 0.05) is 5.57 Å². The van der Waals surface area contributed by atoms with Crippen LogP contribution in [0.15, 0.2) is 70.2 Å². The number of hydrogen-bond donors (Lipinski definition) is 0. The highest BCUT2D eigenvalue weighted by Gasteiger charge is 2.37. The van der Waals surface area contributed by atoms with Crippen molar-refractivity contribution in [2.24, 2.45) is 0 Å².